The van der Waals surface area contributed by atoms with Crippen molar-refractivity contribution in [2.45, 2.75) is 30.3 Å². The fourth-order valence-corrected chi connectivity index (χ4v) is 7.69. The Balaban J connectivity index is 1.62. The molecule has 1 saturated heterocycles. The maximum atomic E-state index is 15.0. The molecule has 5 rings (SSSR count). The predicted octanol–water partition coefficient (Wildman–Crippen LogP) is 4.94. The van der Waals surface area contributed by atoms with Crippen molar-refractivity contribution in [3.63, 3.8) is 0 Å². The SMILES string of the molecule is CCOc1cc(OC)c(S(=O)(=O)NCOC)cc1C1=N[C@@H](c2ccc(Cl)cc2)[C@@H](c2ccc(Cl)cc2)N1C(=O)N1CCN(CC(=O)N(C)CCC#N)CC1. The molecule has 0 spiro atoms. The summed E-state index contributed by atoms with van der Waals surface area (Å²) in [4.78, 5) is 39.6. The highest BCUT2D eigenvalue weighted by atomic mass is 35.5. The van der Waals surface area contributed by atoms with Gasteiger partial charge in [0.25, 0.3) is 0 Å². The second kappa shape index (κ2) is 18.3. The molecular formula is C37H43Cl2N7O7S. The number of nitrogens with one attached hydrogen (secondary N) is 1. The largest absolute Gasteiger partial charge is 0.495 e. The van der Waals surface area contributed by atoms with Gasteiger partial charge in [-0.3, -0.25) is 19.6 Å². The lowest BCUT2D eigenvalue weighted by Gasteiger charge is -2.39. The van der Waals surface area contributed by atoms with Crippen molar-refractivity contribution in [2.75, 3.05) is 73.9 Å². The van der Waals surface area contributed by atoms with E-state index in [0.29, 0.717) is 42.8 Å². The Morgan fingerprint density at radius 3 is 2.19 bits per heavy atom. The third-order valence-electron chi connectivity index (χ3n) is 9.17. The zero-order chi connectivity index (χ0) is 39.0. The van der Waals surface area contributed by atoms with Crippen LogP contribution in [0.25, 0.3) is 0 Å². The van der Waals surface area contributed by atoms with E-state index in [9.17, 15) is 13.2 Å². The number of benzene rings is 3. The zero-order valence-corrected chi connectivity index (χ0v) is 32.8. The summed E-state index contributed by atoms with van der Waals surface area (Å²) in [7, 11) is 0.203. The molecule has 288 valence electrons. The van der Waals surface area contributed by atoms with Gasteiger partial charge in [0.05, 0.1) is 44.4 Å². The number of amides is 3. The summed E-state index contributed by atoms with van der Waals surface area (Å²) >= 11 is 12.6. The number of aliphatic imine (C=N–C) groups is 1. The number of carbonyl (C=O) groups excluding carboxylic acids is 2. The van der Waals surface area contributed by atoms with E-state index in [1.165, 1.54) is 31.3 Å². The molecule has 2 aliphatic heterocycles. The number of likely N-dealkylation sites (N-methyl/N-ethyl adjacent to an activating group) is 1. The summed E-state index contributed by atoms with van der Waals surface area (Å²) in [6.07, 6.45) is 0.242. The minimum absolute atomic E-state index is 0.0229. The molecule has 3 aromatic rings. The molecule has 2 heterocycles. The molecule has 0 radical (unpaired) electrons. The van der Waals surface area contributed by atoms with Gasteiger partial charge in [-0.05, 0) is 48.4 Å². The second-order valence-corrected chi connectivity index (χ2v) is 15.2. The monoisotopic (exact) mass is 799 g/mol. The van der Waals surface area contributed by atoms with E-state index < -0.39 is 22.1 Å². The van der Waals surface area contributed by atoms with Crippen molar-refractivity contribution in [1.29, 1.82) is 5.26 Å². The first-order valence-electron chi connectivity index (χ1n) is 17.3. The first-order chi connectivity index (χ1) is 25.9. The third kappa shape index (κ3) is 9.26. The highest BCUT2D eigenvalue weighted by Gasteiger charge is 2.45. The van der Waals surface area contributed by atoms with Crippen LogP contribution in [0.3, 0.4) is 0 Å². The minimum Gasteiger partial charge on any atom is -0.495 e. The smallest absolute Gasteiger partial charge is 0.326 e. The molecule has 2 atom stereocenters. The molecule has 0 unspecified atom stereocenters. The van der Waals surface area contributed by atoms with Crippen molar-refractivity contribution < 1.29 is 32.2 Å². The number of sulfonamides is 1. The van der Waals surface area contributed by atoms with Gasteiger partial charge in [-0.2, -0.15) is 9.98 Å². The van der Waals surface area contributed by atoms with Gasteiger partial charge in [-0.15, -0.1) is 0 Å². The van der Waals surface area contributed by atoms with Crippen molar-refractivity contribution in [3.05, 3.63) is 87.4 Å². The molecule has 3 amide bonds. The van der Waals surface area contributed by atoms with E-state index in [1.807, 2.05) is 29.2 Å². The molecule has 0 bridgehead atoms. The quantitative estimate of drug-likeness (QED) is 0.223. The number of nitrogens with zero attached hydrogens (tertiary/aromatic N) is 6. The molecule has 54 heavy (non-hydrogen) atoms. The molecule has 0 saturated carbocycles. The Kier molecular flexibility index (Phi) is 13.8. The van der Waals surface area contributed by atoms with Crippen LogP contribution < -0.4 is 14.2 Å². The summed E-state index contributed by atoms with van der Waals surface area (Å²) in [6.45, 7) is 3.68. The lowest BCUT2D eigenvalue weighted by atomic mass is 9.93. The van der Waals surface area contributed by atoms with E-state index in [1.54, 1.807) is 48.0 Å². The van der Waals surface area contributed by atoms with Crippen molar-refractivity contribution in [1.82, 2.24) is 24.3 Å². The standard InChI is InChI=1S/C37H43Cl2N7O7S/c1-5-53-30-22-31(52-4)32(54(49,50)41-24-51-3)21-29(30)36-42-34(25-7-11-27(38)12-8-25)35(26-9-13-28(39)14-10-26)46(36)37(48)45-19-17-44(18-20-45)23-33(47)43(2)16-6-15-40/h7-14,21-22,34-35,41H,5-6,16-20,23-24H2,1-4H3/t34-,35+/m0/s1. The summed E-state index contributed by atoms with van der Waals surface area (Å²) in [5.74, 6) is 0.356. The van der Waals surface area contributed by atoms with E-state index in [0.717, 1.165) is 11.1 Å². The second-order valence-electron chi connectivity index (χ2n) is 12.6. The van der Waals surface area contributed by atoms with Gasteiger partial charge < -0.3 is 24.0 Å². The van der Waals surface area contributed by atoms with Crippen LogP contribution >= 0.6 is 23.2 Å². The molecule has 17 heteroatoms. The van der Waals surface area contributed by atoms with Gasteiger partial charge in [0.15, 0.2) is 0 Å². The summed E-state index contributed by atoms with van der Waals surface area (Å²) in [5, 5.41) is 9.95. The number of hydrogen-bond donors (Lipinski definition) is 1. The molecule has 3 aromatic carbocycles. The van der Waals surface area contributed by atoms with Crippen LogP contribution in [0.15, 0.2) is 70.6 Å². The van der Waals surface area contributed by atoms with Crippen molar-refractivity contribution in [3.8, 4) is 17.6 Å². The van der Waals surface area contributed by atoms with E-state index in [4.69, 9.17) is 47.7 Å². The Labute approximate surface area is 325 Å². The van der Waals surface area contributed by atoms with Crippen LogP contribution in [0, 0.1) is 11.3 Å². The Bertz CT molecular complexity index is 1980. The Morgan fingerprint density at radius 1 is 0.981 bits per heavy atom. The number of carbonyl (C=O) groups is 2. The maximum Gasteiger partial charge on any atom is 0.326 e. The van der Waals surface area contributed by atoms with Crippen LogP contribution in [0.1, 0.15) is 42.1 Å². The molecule has 0 aliphatic carbocycles. The molecule has 1 N–H and O–H groups in total. The molecule has 14 nitrogen and oxygen atoms in total. The summed E-state index contributed by atoms with van der Waals surface area (Å²) in [5.41, 5.74) is 1.75. The van der Waals surface area contributed by atoms with E-state index in [-0.39, 0.29) is 66.0 Å². The van der Waals surface area contributed by atoms with Gasteiger partial charge in [-0.1, -0.05) is 47.5 Å². The van der Waals surface area contributed by atoms with Crippen molar-refractivity contribution >= 4 is 51.0 Å². The number of hydrogen-bond acceptors (Lipinski definition) is 10. The van der Waals surface area contributed by atoms with Crippen LogP contribution in [0.5, 0.6) is 11.5 Å². The number of halogens is 2. The number of methoxy groups -OCH3 is 2. The molecule has 1 fully saturated rings. The topological polar surface area (TPSA) is 157 Å². The number of nitriles is 1. The highest BCUT2D eigenvalue weighted by Crippen LogP contribution is 2.46. The first kappa shape index (κ1) is 40.7. The van der Waals surface area contributed by atoms with Gasteiger partial charge >= 0.3 is 6.03 Å². The van der Waals surface area contributed by atoms with E-state index in [2.05, 4.69) is 10.8 Å². The average Bonchev–Trinajstić information content (AvgIpc) is 3.56. The summed E-state index contributed by atoms with van der Waals surface area (Å²) in [6, 6.07) is 17.5. The number of rotatable bonds is 14. The first-order valence-corrected chi connectivity index (χ1v) is 19.5. The van der Waals surface area contributed by atoms with Gasteiger partial charge in [0.2, 0.25) is 15.9 Å². The highest BCUT2D eigenvalue weighted by molar-refractivity contribution is 7.89. The van der Waals surface area contributed by atoms with E-state index >= 15 is 4.79 Å². The Morgan fingerprint density at radius 2 is 1.61 bits per heavy atom. The number of piperazine rings is 1. The van der Waals surface area contributed by atoms with Gasteiger partial charge in [0, 0.05) is 63.0 Å². The maximum absolute atomic E-state index is 15.0. The fourth-order valence-electron chi connectivity index (χ4n) is 6.33. The van der Waals surface area contributed by atoms with Gasteiger partial charge in [0.1, 0.15) is 35.0 Å². The zero-order valence-electron chi connectivity index (χ0n) is 30.5. The van der Waals surface area contributed by atoms with Crippen LogP contribution in [-0.2, 0) is 19.6 Å². The summed E-state index contributed by atoms with van der Waals surface area (Å²) < 4.78 is 46.2. The van der Waals surface area contributed by atoms with Crippen LogP contribution in [-0.4, -0.2) is 120 Å². The number of urea groups is 1. The molecule has 0 aromatic heterocycles. The van der Waals surface area contributed by atoms with Crippen molar-refractivity contribution in [2.24, 2.45) is 4.99 Å². The predicted molar refractivity (Wildman–Crippen MR) is 204 cm³/mol. The van der Waals surface area contributed by atoms with Gasteiger partial charge in [-0.25, -0.2) is 13.2 Å². The average molecular weight is 801 g/mol. The fraction of sp³-hybridized carbons (Fsp3) is 0.405. The van der Waals surface area contributed by atoms with Crippen LogP contribution in [0.2, 0.25) is 10.0 Å². The number of ether oxygens (including phenoxy) is 3. The Hall–Kier alpha value is -4.43. The molecular weight excluding hydrogens is 757 g/mol. The normalized spacial score (nSPS) is 17.5. The lowest BCUT2D eigenvalue weighted by Crippen LogP contribution is -2.55. The minimum atomic E-state index is -4.18. The third-order valence-corrected chi connectivity index (χ3v) is 11.1. The lowest BCUT2D eigenvalue weighted by molar-refractivity contribution is -0.131. The van der Waals surface area contributed by atoms with Crippen LogP contribution in [0.4, 0.5) is 4.79 Å². The number of amidine groups is 1. The molecule has 2 aliphatic rings.